The number of nitrogens with one attached hydrogen (secondary N) is 3. The van der Waals surface area contributed by atoms with Gasteiger partial charge in [0.05, 0.1) is 6.61 Å². The Morgan fingerprint density at radius 1 is 1.21 bits per heavy atom. The molecule has 1 aromatic carbocycles. The van der Waals surface area contributed by atoms with Crippen molar-refractivity contribution < 1.29 is 29.4 Å². The van der Waals surface area contributed by atoms with Gasteiger partial charge in [-0.05, 0) is 24.5 Å². The fourth-order valence-corrected chi connectivity index (χ4v) is 4.30. The van der Waals surface area contributed by atoms with Gasteiger partial charge in [0, 0.05) is 35.8 Å². The van der Waals surface area contributed by atoms with Crippen molar-refractivity contribution in [3.8, 4) is 0 Å². The van der Waals surface area contributed by atoms with Crippen molar-refractivity contribution in [3.05, 3.63) is 36.0 Å². The van der Waals surface area contributed by atoms with Crippen LogP contribution in [0.25, 0.3) is 10.9 Å². The van der Waals surface area contributed by atoms with E-state index in [0.717, 1.165) is 16.5 Å². The number of carbonyl (C=O) groups excluding carboxylic acids is 3. The molecule has 1 fully saturated rings. The second-order valence-electron chi connectivity index (χ2n) is 8.19. The minimum Gasteiger partial charge on any atom is -0.480 e. The maximum absolute atomic E-state index is 13.1. The van der Waals surface area contributed by atoms with Gasteiger partial charge in [-0.15, -0.1) is 0 Å². The van der Waals surface area contributed by atoms with Crippen molar-refractivity contribution in [2.45, 2.75) is 43.4 Å². The number of aromatic amines is 1. The SMILES string of the molecule is NC(CO)C(=O)N1CCCC1C(=O)NC(Cc1c[nH]c2ccccc12)C(=O)NC(CS)C(=O)O. The van der Waals surface area contributed by atoms with Gasteiger partial charge in [-0.25, -0.2) is 4.79 Å². The van der Waals surface area contributed by atoms with Gasteiger partial charge in [0.2, 0.25) is 17.7 Å². The second-order valence-corrected chi connectivity index (χ2v) is 8.55. The van der Waals surface area contributed by atoms with Gasteiger partial charge in [-0.3, -0.25) is 14.4 Å². The summed E-state index contributed by atoms with van der Waals surface area (Å²) in [6, 6.07) is 3.15. The van der Waals surface area contributed by atoms with E-state index in [1.165, 1.54) is 4.90 Å². The molecule has 184 valence electrons. The van der Waals surface area contributed by atoms with E-state index in [-0.39, 0.29) is 12.2 Å². The molecule has 0 aliphatic carbocycles. The molecule has 0 saturated carbocycles. The number of thiol groups is 1. The van der Waals surface area contributed by atoms with E-state index in [1.54, 1.807) is 6.20 Å². The highest BCUT2D eigenvalue weighted by molar-refractivity contribution is 7.80. The Morgan fingerprint density at radius 2 is 1.94 bits per heavy atom. The number of hydrogen-bond donors (Lipinski definition) is 7. The van der Waals surface area contributed by atoms with Crippen LogP contribution in [0.2, 0.25) is 0 Å². The van der Waals surface area contributed by atoms with Gasteiger partial charge in [0.25, 0.3) is 0 Å². The van der Waals surface area contributed by atoms with Gasteiger partial charge in [-0.1, -0.05) is 18.2 Å². The molecule has 34 heavy (non-hydrogen) atoms. The highest BCUT2D eigenvalue weighted by Gasteiger charge is 2.38. The minimum atomic E-state index is -1.24. The van der Waals surface area contributed by atoms with E-state index >= 15 is 0 Å². The molecule has 0 spiro atoms. The molecule has 1 aliphatic rings. The van der Waals surface area contributed by atoms with Crippen molar-refractivity contribution in [2.75, 3.05) is 18.9 Å². The van der Waals surface area contributed by atoms with E-state index in [4.69, 9.17) is 5.73 Å². The molecular weight excluding hydrogens is 462 g/mol. The number of benzene rings is 1. The number of aliphatic hydroxyl groups is 1. The van der Waals surface area contributed by atoms with Crippen molar-refractivity contribution >= 4 is 47.2 Å². The predicted molar refractivity (Wildman–Crippen MR) is 127 cm³/mol. The van der Waals surface area contributed by atoms with Crippen LogP contribution in [0.15, 0.2) is 30.5 Å². The number of aromatic nitrogens is 1. The molecule has 2 aromatic rings. The Balaban J connectivity index is 1.82. The Morgan fingerprint density at radius 3 is 2.62 bits per heavy atom. The van der Waals surface area contributed by atoms with E-state index in [2.05, 4.69) is 28.2 Å². The number of para-hydroxylation sites is 1. The average Bonchev–Trinajstić information content (AvgIpc) is 3.48. The van der Waals surface area contributed by atoms with Crippen molar-refractivity contribution in [3.63, 3.8) is 0 Å². The smallest absolute Gasteiger partial charge is 0.327 e. The molecule has 3 rings (SSSR count). The summed E-state index contributed by atoms with van der Waals surface area (Å²) in [5, 5.41) is 24.5. The predicted octanol–water partition coefficient (Wildman–Crippen LogP) is -0.995. The molecule has 1 aromatic heterocycles. The van der Waals surface area contributed by atoms with Gasteiger partial charge in [0.15, 0.2) is 0 Å². The average molecular weight is 492 g/mol. The van der Waals surface area contributed by atoms with Crippen LogP contribution in [0.3, 0.4) is 0 Å². The van der Waals surface area contributed by atoms with Gasteiger partial charge in [-0.2, -0.15) is 12.6 Å². The normalized spacial score (nSPS) is 18.3. The van der Waals surface area contributed by atoms with Crippen LogP contribution in [0.1, 0.15) is 18.4 Å². The van der Waals surface area contributed by atoms with Crippen LogP contribution >= 0.6 is 12.6 Å². The lowest BCUT2D eigenvalue weighted by molar-refractivity contribution is -0.142. The third-order valence-electron chi connectivity index (χ3n) is 5.88. The van der Waals surface area contributed by atoms with Crippen molar-refractivity contribution in [2.24, 2.45) is 5.73 Å². The summed E-state index contributed by atoms with van der Waals surface area (Å²) < 4.78 is 0. The van der Waals surface area contributed by atoms with Crippen LogP contribution < -0.4 is 16.4 Å². The molecule has 11 nitrogen and oxygen atoms in total. The summed E-state index contributed by atoms with van der Waals surface area (Å²) in [4.78, 5) is 54.5. The molecule has 1 saturated heterocycles. The van der Waals surface area contributed by atoms with E-state index in [9.17, 15) is 29.4 Å². The molecule has 12 heteroatoms. The summed E-state index contributed by atoms with van der Waals surface area (Å²) in [5.41, 5.74) is 7.26. The van der Waals surface area contributed by atoms with E-state index in [1.807, 2.05) is 24.3 Å². The van der Waals surface area contributed by atoms with E-state index in [0.29, 0.717) is 19.4 Å². The number of carboxylic acid groups (broad SMARTS) is 1. The molecule has 3 amide bonds. The first-order valence-corrected chi connectivity index (χ1v) is 11.6. The molecule has 0 radical (unpaired) electrons. The Bertz CT molecular complexity index is 1060. The van der Waals surface area contributed by atoms with Crippen LogP contribution in [-0.4, -0.2) is 86.9 Å². The summed E-state index contributed by atoms with van der Waals surface area (Å²) in [5.74, 6) is -3.14. The summed E-state index contributed by atoms with van der Waals surface area (Å²) in [6.45, 7) is -0.236. The number of rotatable bonds is 10. The molecule has 7 N–H and O–H groups in total. The molecule has 4 unspecified atom stereocenters. The Kier molecular flexibility index (Phi) is 8.53. The lowest BCUT2D eigenvalue weighted by atomic mass is 10.0. The number of fused-ring (bicyclic) bond motifs is 1. The zero-order chi connectivity index (χ0) is 24.8. The number of amides is 3. The molecule has 1 aliphatic heterocycles. The third-order valence-corrected chi connectivity index (χ3v) is 6.25. The third kappa shape index (κ3) is 5.69. The number of aliphatic carboxylic acids is 1. The zero-order valence-corrected chi connectivity index (χ0v) is 19.3. The van der Waals surface area contributed by atoms with Crippen molar-refractivity contribution in [1.82, 2.24) is 20.5 Å². The molecule has 2 heterocycles. The van der Waals surface area contributed by atoms with E-state index < -0.39 is 54.5 Å². The largest absolute Gasteiger partial charge is 0.480 e. The van der Waals surface area contributed by atoms with Crippen LogP contribution in [0, 0.1) is 0 Å². The highest BCUT2D eigenvalue weighted by atomic mass is 32.1. The molecule has 0 bridgehead atoms. The van der Waals surface area contributed by atoms with Crippen LogP contribution in [-0.2, 0) is 25.6 Å². The zero-order valence-electron chi connectivity index (χ0n) is 18.4. The van der Waals surface area contributed by atoms with Crippen LogP contribution in [0.4, 0.5) is 0 Å². The van der Waals surface area contributed by atoms with Gasteiger partial charge in [0.1, 0.15) is 24.2 Å². The quantitative estimate of drug-likeness (QED) is 0.208. The van der Waals surface area contributed by atoms with Gasteiger partial charge >= 0.3 is 5.97 Å². The highest BCUT2D eigenvalue weighted by Crippen LogP contribution is 2.21. The summed E-state index contributed by atoms with van der Waals surface area (Å²) >= 11 is 3.97. The molecular formula is C22H29N5O6S. The summed E-state index contributed by atoms with van der Waals surface area (Å²) in [7, 11) is 0. The van der Waals surface area contributed by atoms with Crippen LogP contribution in [0.5, 0.6) is 0 Å². The first-order chi connectivity index (χ1) is 16.3. The maximum Gasteiger partial charge on any atom is 0.327 e. The minimum absolute atomic E-state index is 0.0946. The number of hydrogen-bond acceptors (Lipinski definition) is 7. The number of carboxylic acids is 1. The van der Waals surface area contributed by atoms with Crippen molar-refractivity contribution in [1.29, 1.82) is 0 Å². The Labute approximate surface area is 201 Å². The lowest BCUT2D eigenvalue weighted by Crippen LogP contribution is -2.57. The fourth-order valence-electron chi connectivity index (χ4n) is 4.05. The number of aliphatic hydroxyl groups excluding tert-OH is 1. The number of H-pyrrole nitrogens is 1. The number of nitrogens with two attached hydrogens (primary N) is 1. The monoisotopic (exact) mass is 491 g/mol. The Hall–Kier alpha value is -3.09. The number of carbonyl (C=O) groups is 4. The first-order valence-electron chi connectivity index (χ1n) is 10.9. The topological polar surface area (TPSA) is 178 Å². The second kappa shape index (κ2) is 11.4. The maximum atomic E-state index is 13.1. The first kappa shape index (κ1) is 25.5. The molecule has 4 atom stereocenters. The standard InChI is InChI=1S/C22H29N5O6S/c23-14(10-28)21(31)27-7-3-6-18(27)20(30)25-16(19(29)26-17(11-34)22(32)33)8-12-9-24-15-5-2-1-4-13(12)15/h1-2,4-5,9,14,16-18,24,28,34H,3,6-8,10-11,23H2,(H,25,30)(H,26,29)(H,32,33). The lowest BCUT2D eigenvalue weighted by Gasteiger charge is -2.28. The van der Waals surface area contributed by atoms with Gasteiger partial charge < -0.3 is 36.5 Å². The number of nitrogens with zero attached hydrogens (tertiary/aromatic N) is 1. The fraction of sp³-hybridized carbons (Fsp3) is 0.455. The number of likely N-dealkylation sites (tertiary alicyclic amines) is 1. The summed E-state index contributed by atoms with van der Waals surface area (Å²) in [6.07, 6.45) is 2.78.